The van der Waals surface area contributed by atoms with Crippen LogP contribution in [0.15, 0.2) is 65.8 Å². The number of benzene rings is 3. The minimum absolute atomic E-state index is 0.333. The summed E-state index contributed by atoms with van der Waals surface area (Å²) in [5, 5.41) is 7.07. The first kappa shape index (κ1) is 24.8. The quantitative estimate of drug-likeness (QED) is 0.269. The van der Waals surface area contributed by atoms with Gasteiger partial charge in [-0.15, -0.1) is 0 Å². The smallest absolute Gasteiger partial charge is 0.329 e. The van der Waals surface area contributed by atoms with Gasteiger partial charge in [0, 0.05) is 10.7 Å². The van der Waals surface area contributed by atoms with Crippen molar-refractivity contribution in [3.63, 3.8) is 0 Å². The zero-order chi connectivity index (χ0) is 24.5. The van der Waals surface area contributed by atoms with Crippen molar-refractivity contribution in [1.82, 2.24) is 5.43 Å². The number of rotatable bonds is 8. The molecule has 3 aromatic carbocycles. The molecule has 0 saturated carbocycles. The zero-order valence-electron chi connectivity index (χ0n) is 19.2. The molecule has 0 radical (unpaired) electrons. The fraction of sp³-hybridized carbons (Fsp3) is 0.192. The number of hydrogen-bond donors (Lipinski definition) is 2. The Labute approximate surface area is 203 Å². The van der Waals surface area contributed by atoms with Crippen molar-refractivity contribution < 1.29 is 19.1 Å². The summed E-state index contributed by atoms with van der Waals surface area (Å²) in [6.45, 7) is 6.55. The number of halogens is 1. The summed E-state index contributed by atoms with van der Waals surface area (Å²) in [5.74, 6) is -0.579. The molecule has 3 rings (SSSR count). The number of amides is 2. The summed E-state index contributed by atoms with van der Waals surface area (Å²) in [5.41, 5.74) is 6.48. The van der Waals surface area contributed by atoms with Gasteiger partial charge in [0.25, 0.3) is 0 Å². The summed E-state index contributed by atoms with van der Waals surface area (Å²) < 4.78 is 11.6. The minimum atomic E-state index is -0.874. The Hall–Kier alpha value is -3.84. The number of nitrogens with zero attached hydrogens (tertiary/aromatic N) is 1. The maximum absolute atomic E-state index is 12.1. The molecule has 0 fully saturated rings. The molecule has 0 spiro atoms. The molecule has 0 heterocycles. The van der Waals surface area contributed by atoms with Gasteiger partial charge < -0.3 is 14.8 Å². The van der Waals surface area contributed by atoms with E-state index in [2.05, 4.69) is 15.8 Å². The predicted molar refractivity (Wildman–Crippen MR) is 134 cm³/mol. The summed E-state index contributed by atoms with van der Waals surface area (Å²) in [7, 11) is 0. The van der Waals surface area contributed by atoms with Crippen LogP contribution < -0.4 is 20.2 Å². The molecule has 0 aromatic heterocycles. The Kier molecular flexibility index (Phi) is 8.65. The van der Waals surface area contributed by atoms with Gasteiger partial charge >= 0.3 is 11.8 Å². The fourth-order valence-electron chi connectivity index (χ4n) is 3.00. The van der Waals surface area contributed by atoms with Gasteiger partial charge in [-0.1, -0.05) is 29.8 Å². The largest absolute Gasteiger partial charge is 0.490 e. The number of hydrogen-bond acceptors (Lipinski definition) is 5. The highest BCUT2D eigenvalue weighted by atomic mass is 35.5. The van der Waals surface area contributed by atoms with E-state index in [1.807, 2.05) is 45.0 Å². The highest BCUT2D eigenvalue weighted by molar-refractivity contribution is 6.39. The van der Waals surface area contributed by atoms with Crippen LogP contribution in [0.4, 0.5) is 5.69 Å². The van der Waals surface area contributed by atoms with E-state index in [4.69, 9.17) is 21.1 Å². The Bertz CT molecular complexity index is 1210. The normalized spacial score (nSPS) is 10.7. The van der Waals surface area contributed by atoms with Gasteiger partial charge in [-0.3, -0.25) is 9.59 Å². The number of carbonyl (C=O) groups is 2. The van der Waals surface area contributed by atoms with E-state index in [1.165, 1.54) is 6.21 Å². The maximum Gasteiger partial charge on any atom is 0.329 e. The van der Waals surface area contributed by atoms with E-state index in [0.717, 1.165) is 16.7 Å². The maximum atomic E-state index is 12.1. The van der Waals surface area contributed by atoms with Gasteiger partial charge in [0.05, 0.1) is 12.8 Å². The molecule has 0 aliphatic heterocycles. The van der Waals surface area contributed by atoms with Crippen molar-refractivity contribution in [1.29, 1.82) is 0 Å². The number of ether oxygens (including phenoxy) is 2. The highest BCUT2D eigenvalue weighted by Gasteiger charge is 2.13. The van der Waals surface area contributed by atoms with Crippen LogP contribution >= 0.6 is 11.6 Å². The SMILES string of the molecule is CCOc1cc(/C=N/NC(=O)C(=O)Nc2ccc(C)c(C)c2)ccc1OCc1cccc(Cl)c1. The van der Waals surface area contributed by atoms with Gasteiger partial charge in [0.15, 0.2) is 11.5 Å². The monoisotopic (exact) mass is 479 g/mol. The first-order valence-corrected chi connectivity index (χ1v) is 11.1. The molecule has 0 unspecified atom stereocenters. The predicted octanol–water partition coefficient (Wildman–Crippen LogP) is 5.02. The van der Waals surface area contributed by atoms with Gasteiger partial charge in [0.1, 0.15) is 6.61 Å². The van der Waals surface area contributed by atoms with Crippen LogP contribution in [0.3, 0.4) is 0 Å². The minimum Gasteiger partial charge on any atom is -0.490 e. The van der Waals surface area contributed by atoms with Crippen LogP contribution in [0.25, 0.3) is 0 Å². The lowest BCUT2D eigenvalue weighted by Gasteiger charge is -2.12. The van der Waals surface area contributed by atoms with Crippen molar-refractivity contribution in [2.75, 3.05) is 11.9 Å². The Morgan fingerprint density at radius 1 is 0.941 bits per heavy atom. The third-order valence-corrected chi connectivity index (χ3v) is 5.14. The van der Waals surface area contributed by atoms with Crippen LogP contribution in [-0.4, -0.2) is 24.6 Å². The molecule has 2 N–H and O–H groups in total. The Balaban J connectivity index is 1.59. The molecule has 0 bridgehead atoms. The third-order valence-electron chi connectivity index (χ3n) is 4.90. The topological polar surface area (TPSA) is 89.0 Å². The average Bonchev–Trinajstić information content (AvgIpc) is 2.81. The molecule has 0 aliphatic carbocycles. The average molecular weight is 480 g/mol. The molecule has 8 heteroatoms. The molecule has 2 amide bonds. The summed E-state index contributed by atoms with van der Waals surface area (Å²) >= 11 is 6.02. The molecule has 34 heavy (non-hydrogen) atoms. The molecule has 3 aromatic rings. The van der Waals surface area contributed by atoms with E-state index in [1.54, 1.807) is 36.4 Å². The fourth-order valence-corrected chi connectivity index (χ4v) is 3.22. The lowest BCUT2D eigenvalue weighted by atomic mass is 10.1. The number of anilines is 1. The van der Waals surface area contributed by atoms with Crippen LogP contribution in [0.1, 0.15) is 29.2 Å². The second-order valence-electron chi connectivity index (χ2n) is 7.51. The van der Waals surface area contributed by atoms with E-state index < -0.39 is 11.8 Å². The van der Waals surface area contributed by atoms with Gasteiger partial charge in [-0.2, -0.15) is 5.10 Å². The van der Waals surface area contributed by atoms with Gasteiger partial charge in [0.2, 0.25) is 0 Å². The summed E-state index contributed by atoms with van der Waals surface area (Å²) in [6, 6.07) is 18.1. The van der Waals surface area contributed by atoms with Crippen LogP contribution in [0.2, 0.25) is 5.02 Å². The summed E-state index contributed by atoms with van der Waals surface area (Å²) in [6.07, 6.45) is 1.42. The van der Waals surface area contributed by atoms with Gasteiger partial charge in [-0.25, -0.2) is 5.43 Å². The molecule has 0 atom stereocenters. The molecule has 0 saturated heterocycles. The number of carbonyl (C=O) groups excluding carboxylic acids is 2. The second-order valence-corrected chi connectivity index (χ2v) is 7.95. The van der Waals surface area contributed by atoms with Crippen molar-refractivity contribution in [3.05, 3.63) is 87.9 Å². The molecule has 176 valence electrons. The second kappa shape index (κ2) is 11.9. The van der Waals surface area contributed by atoms with Crippen LogP contribution in [-0.2, 0) is 16.2 Å². The van der Waals surface area contributed by atoms with E-state index >= 15 is 0 Å². The first-order chi connectivity index (χ1) is 16.4. The Morgan fingerprint density at radius 3 is 2.50 bits per heavy atom. The van der Waals surface area contributed by atoms with Crippen molar-refractivity contribution in [3.8, 4) is 11.5 Å². The number of hydrazone groups is 1. The van der Waals surface area contributed by atoms with Crippen LogP contribution in [0, 0.1) is 13.8 Å². The lowest BCUT2D eigenvalue weighted by Crippen LogP contribution is -2.32. The van der Waals surface area contributed by atoms with Crippen LogP contribution in [0.5, 0.6) is 11.5 Å². The first-order valence-electron chi connectivity index (χ1n) is 10.7. The molecule has 7 nitrogen and oxygen atoms in total. The Morgan fingerprint density at radius 2 is 1.76 bits per heavy atom. The number of aryl methyl sites for hydroxylation is 2. The standard InChI is InChI=1S/C26H26ClN3O4/c1-4-33-24-14-19(9-11-23(24)34-16-20-6-5-7-21(27)13-20)15-28-30-26(32)25(31)29-22-10-8-17(2)18(3)12-22/h5-15H,4,16H2,1-3H3,(H,29,31)(H,30,32)/b28-15+. The van der Waals surface area contributed by atoms with E-state index in [9.17, 15) is 9.59 Å². The van der Waals surface area contributed by atoms with Crippen molar-refractivity contribution in [2.45, 2.75) is 27.4 Å². The van der Waals surface area contributed by atoms with E-state index in [-0.39, 0.29) is 0 Å². The lowest BCUT2D eigenvalue weighted by molar-refractivity contribution is -0.136. The molecular formula is C26H26ClN3O4. The summed E-state index contributed by atoms with van der Waals surface area (Å²) in [4.78, 5) is 24.2. The van der Waals surface area contributed by atoms with Gasteiger partial charge in [-0.05, 0) is 85.5 Å². The third kappa shape index (κ3) is 7.08. The van der Waals surface area contributed by atoms with Crippen molar-refractivity contribution >= 4 is 35.3 Å². The van der Waals surface area contributed by atoms with Crippen molar-refractivity contribution in [2.24, 2.45) is 5.10 Å². The number of nitrogens with one attached hydrogen (secondary N) is 2. The zero-order valence-corrected chi connectivity index (χ0v) is 20.0. The van der Waals surface area contributed by atoms with E-state index in [0.29, 0.717) is 41.0 Å². The highest BCUT2D eigenvalue weighted by Crippen LogP contribution is 2.29. The molecule has 0 aliphatic rings. The molecular weight excluding hydrogens is 454 g/mol.